The number of aryl methyl sites for hydroxylation is 1. The van der Waals surface area contributed by atoms with Crippen LogP contribution in [0, 0.1) is 16.0 Å². The first-order chi connectivity index (χ1) is 15.3. The van der Waals surface area contributed by atoms with E-state index in [9.17, 15) is 24.5 Å². The van der Waals surface area contributed by atoms with Crippen molar-refractivity contribution in [2.75, 3.05) is 30.5 Å². The van der Waals surface area contributed by atoms with E-state index in [-0.39, 0.29) is 30.2 Å². The van der Waals surface area contributed by atoms with Gasteiger partial charge < -0.3 is 19.7 Å². The van der Waals surface area contributed by atoms with Crippen molar-refractivity contribution in [2.24, 2.45) is 5.92 Å². The quantitative estimate of drug-likeness (QED) is 0.379. The highest BCUT2D eigenvalue weighted by Crippen LogP contribution is 2.30. The highest BCUT2D eigenvalue weighted by atomic mass is 16.6. The van der Waals surface area contributed by atoms with Gasteiger partial charge in [-0.1, -0.05) is 25.1 Å². The van der Waals surface area contributed by atoms with Crippen molar-refractivity contribution >= 4 is 34.8 Å². The Labute approximate surface area is 184 Å². The number of nitrogens with one attached hydrogen (secondary N) is 1. The van der Waals surface area contributed by atoms with E-state index in [1.54, 1.807) is 4.90 Å². The lowest BCUT2D eigenvalue weighted by molar-refractivity contribution is -0.383. The van der Waals surface area contributed by atoms with Gasteiger partial charge in [0.2, 0.25) is 5.91 Å². The van der Waals surface area contributed by atoms with Crippen molar-refractivity contribution in [3.8, 4) is 5.75 Å². The summed E-state index contributed by atoms with van der Waals surface area (Å²) in [6.07, 6.45) is 0.728. The first-order valence-electron chi connectivity index (χ1n) is 10.0. The number of anilines is 2. The standard InChI is InChI=1S/C22H23N3O7/c1-3-14-6-4-5-7-18(14)24-12-15(10-21(24)27)22(28)32-13-20(26)23-17-11-16(31-2)8-9-19(17)25(29)30/h4-9,11,15H,3,10,12-13H2,1-2H3,(H,23,26)/t15-/m0/s1. The molecule has 1 fully saturated rings. The van der Waals surface area contributed by atoms with E-state index in [1.807, 2.05) is 31.2 Å². The number of amides is 2. The summed E-state index contributed by atoms with van der Waals surface area (Å²) < 4.78 is 10.1. The van der Waals surface area contributed by atoms with Crippen LogP contribution in [0.15, 0.2) is 42.5 Å². The maximum absolute atomic E-state index is 12.5. The molecule has 1 atom stereocenters. The Morgan fingerprint density at radius 1 is 1.25 bits per heavy atom. The van der Waals surface area contributed by atoms with E-state index >= 15 is 0 Å². The van der Waals surface area contributed by atoms with E-state index < -0.39 is 29.3 Å². The molecular weight excluding hydrogens is 418 g/mol. The predicted molar refractivity (Wildman–Crippen MR) is 116 cm³/mol. The monoisotopic (exact) mass is 441 g/mol. The summed E-state index contributed by atoms with van der Waals surface area (Å²) in [6.45, 7) is 1.51. The smallest absolute Gasteiger partial charge is 0.311 e. The van der Waals surface area contributed by atoms with Crippen LogP contribution in [0.3, 0.4) is 0 Å². The van der Waals surface area contributed by atoms with Gasteiger partial charge in [0.25, 0.3) is 11.6 Å². The molecule has 1 heterocycles. The third-order valence-corrected chi connectivity index (χ3v) is 5.14. The molecule has 1 aliphatic rings. The molecular formula is C22H23N3O7. The average molecular weight is 441 g/mol. The second kappa shape index (κ2) is 9.90. The summed E-state index contributed by atoms with van der Waals surface area (Å²) in [7, 11) is 1.39. The normalized spacial score (nSPS) is 15.4. The summed E-state index contributed by atoms with van der Waals surface area (Å²) in [6, 6.07) is 11.4. The predicted octanol–water partition coefficient (Wildman–Crippen LogP) is 2.70. The molecule has 0 bridgehead atoms. The average Bonchev–Trinajstić information content (AvgIpc) is 3.18. The first kappa shape index (κ1) is 22.7. The molecule has 0 aromatic heterocycles. The van der Waals surface area contributed by atoms with E-state index in [0.717, 1.165) is 17.7 Å². The molecule has 32 heavy (non-hydrogen) atoms. The molecule has 0 unspecified atom stereocenters. The van der Waals surface area contributed by atoms with Gasteiger partial charge in [-0.05, 0) is 24.1 Å². The number of rotatable bonds is 8. The fourth-order valence-electron chi connectivity index (χ4n) is 3.51. The summed E-state index contributed by atoms with van der Waals surface area (Å²) in [5.74, 6) is -1.99. The zero-order valence-electron chi connectivity index (χ0n) is 17.7. The first-order valence-corrected chi connectivity index (χ1v) is 10.0. The van der Waals surface area contributed by atoms with Crippen LogP contribution in [0.2, 0.25) is 0 Å². The van der Waals surface area contributed by atoms with Crippen LogP contribution in [0.4, 0.5) is 17.1 Å². The summed E-state index contributed by atoms with van der Waals surface area (Å²) in [5, 5.41) is 13.5. The number of nitro groups is 1. The lowest BCUT2D eigenvalue weighted by Crippen LogP contribution is -2.28. The van der Waals surface area contributed by atoms with E-state index in [1.165, 1.54) is 25.3 Å². The highest BCUT2D eigenvalue weighted by Gasteiger charge is 2.37. The number of nitro benzene ring substituents is 1. The van der Waals surface area contributed by atoms with Crippen molar-refractivity contribution in [3.63, 3.8) is 0 Å². The molecule has 0 aliphatic carbocycles. The zero-order chi connectivity index (χ0) is 23.3. The number of para-hydroxylation sites is 1. The van der Waals surface area contributed by atoms with Gasteiger partial charge in [0.15, 0.2) is 6.61 Å². The number of carbonyl (C=O) groups excluding carboxylic acids is 3. The van der Waals surface area contributed by atoms with Gasteiger partial charge in [0.05, 0.1) is 18.0 Å². The molecule has 0 spiro atoms. The molecule has 3 rings (SSSR count). The van der Waals surface area contributed by atoms with Crippen molar-refractivity contribution in [1.82, 2.24) is 0 Å². The highest BCUT2D eigenvalue weighted by molar-refractivity contribution is 6.00. The minimum Gasteiger partial charge on any atom is -0.497 e. The van der Waals surface area contributed by atoms with Crippen LogP contribution >= 0.6 is 0 Å². The maximum atomic E-state index is 12.5. The number of methoxy groups -OCH3 is 1. The van der Waals surface area contributed by atoms with E-state index in [2.05, 4.69) is 5.32 Å². The zero-order valence-corrected chi connectivity index (χ0v) is 17.7. The lowest BCUT2D eigenvalue weighted by Gasteiger charge is -2.19. The molecule has 0 saturated carbocycles. The number of carbonyl (C=O) groups is 3. The number of benzene rings is 2. The maximum Gasteiger partial charge on any atom is 0.311 e. The van der Waals surface area contributed by atoms with Gasteiger partial charge in [0.1, 0.15) is 11.4 Å². The Hall–Kier alpha value is -3.95. The second-order valence-corrected chi connectivity index (χ2v) is 7.18. The molecule has 10 heteroatoms. The number of esters is 1. The summed E-state index contributed by atoms with van der Waals surface area (Å²) in [4.78, 5) is 49.2. The third kappa shape index (κ3) is 5.02. The van der Waals surface area contributed by atoms with Gasteiger partial charge >= 0.3 is 5.97 Å². The van der Waals surface area contributed by atoms with Gasteiger partial charge in [-0.3, -0.25) is 24.5 Å². The lowest BCUT2D eigenvalue weighted by atomic mass is 10.1. The number of hydrogen-bond acceptors (Lipinski definition) is 7. The Morgan fingerprint density at radius 3 is 2.69 bits per heavy atom. The largest absolute Gasteiger partial charge is 0.497 e. The molecule has 168 valence electrons. The van der Waals surface area contributed by atoms with E-state index in [4.69, 9.17) is 9.47 Å². The number of nitrogens with zero attached hydrogens (tertiary/aromatic N) is 2. The number of hydrogen-bond donors (Lipinski definition) is 1. The summed E-state index contributed by atoms with van der Waals surface area (Å²) in [5.41, 5.74) is 1.36. The van der Waals surface area contributed by atoms with Crippen LogP contribution < -0.4 is 15.0 Å². The van der Waals surface area contributed by atoms with Crippen LogP contribution in [0.5, 0.6) is 5.75 Å². The SMILES string of the molecule is CCc1ccccc1N1C[C@@H](C(=O)OCC(=O)Nc2cc(OC)ccc2[N+](=O)[O-])CC1=O. The van der Waals surface area contributed by atoms with Crippen LogP contribution in [-0.4, -0.2) is 43.0 Å². The van der Waals surface area contributed by atoms with Crippen molar-refractivity contribution in [3.05, 3.63) is 58.1 Å². The van der Waals surface area contributed by atoms with Crippen LogP contribution in [0.25, 0.3) is 0 Å². The fraction of sp³-hybridized carbons (Fsp3) is 0.318. The topological polar surface area (TPSA) is 128 Å². The van der Waals surface area contributed by atoms with Gasteiger partial charge in [-0.2, -0.15) is 0 Å². The molecule has 0 radical (unpaired) electrons. The van der Waals surface area contributed by atoms with Gasteiger partial charge in [-0.25, -0.2) is 0 Å². The molecule has 2 aromatic rings. The van der Waals surface area contributed by atoms with Crippen molar-refractivity contribution in [2.45, 2.75) is 19.8 Å². The van der Waals surface area contributed by atoms with Crippen molar-refractivity contribution < 1.29 is 28.8 Å². The molecule has 1 N–H and O–H groups in total. The molecule has 1 aliphatic heterocycles. The number of ether oxygens (including phenoxy) is 2. The fourth-order valence-corrected chi connectivity index (χ4v) is 3.51. The van der Waals surface area contributed by atoms with Crippen LogP contribution in [-0.2, 0) is 25.5 Å². The molecule has 2 aromatic carbocycles. The minimum atomic E-state index is -0.743. The van der Waals surface area contributed by atoms with Crippen LogP contribution in [0.1, 0.15) is 18.9 Å². The molecule has 2 amide bonds. The second-order valence-electron chi connectivity index (χ2n) is 7.18. The van der Waals surface area contributed by atoms with Crippen molar-refractivity contribution in [1.29, 1.82) is 0 Å². The Bertz CT molecular complexity index is 1050. The Balaban J connectivity index is 1.60. The van der Waals surface area contributed by atoms with Gasteiger partial charge in [-0.15, -0.1) is 0 Å². The summed E-state index contributed by atoms with van der Waals surface area (Å²) >= 11 is 0. The minimum absolute atomic E-state index is 0.0140. The van der Waals surface area contributed by atoms with E-state index in [0.29, 0.717) is 5.75 Å². The Morgan fingerprint density at radius 2 is 2.00 bits per heavy atom. The molecule has 1 saturated heterocycles. The third-order valence-electron chi connectivity index (χ3n) is 5.14. The van der Waals surface area contributed by atoms with Gasteiger partial charge in [0, 0.05) is 30.8 Å². The Kier molecular flexibility index (Phi) is 7.04. The molecule has 10 nitrogen and oxygen atoms in total.